The highest BCUT2D eigenvalue weighted by molar-refractivity contribution is 7.92. The lowest BCUT2D eigenvalue weighted by Gasteiger charge is -2.11. The van der Waals surface area contributed by atoms with Gasteiger partial charge in [-0.3, -0.25) is 9.52 Å². The van der Waals surface area contributed by atoms with Gasteiger partial charge in [0.2, 0.25) is 0 Å². The predicted molar refractivity (Wildman–Crippen MR) is 85.3 cm³/mol. The molecule has 0 aromatic heterocycles. The van der Waals surface area contributed by atoms with Crippen molar-refractivity contribution in [3.8, 4) is 5.75 Å². The van der Waals surface area contributed by atoms with Crippen LogP contribution in [0.4, 0.5) is 14.5 Å². The van der Waals surface area contributed by atoms with E-state index in [2.05, 4.69) is 9.46 Å². The third-order valence-electron chi connectivity index (χ3n) is 2.97. The summed E-state index contributed by atoms with van der Waals surface area (Å²) in [6.07, 6.45) is 0. The molecule has 0 spiro atoms. The van der Waals surface area contributed by atoms with Gasteiger partial charge in [-0.25, -0.2) is 8.42 Å². The molecule has 0 radical (unpaired) electrons. The number of rotatable bonds is 6. The zero-order valence-electron chi connectivity index (χ0n) is 12.3. The van der Waals surface area contributed by atoms with Gasteiger partial charge in [0.25, 0.3) is 10.0 Å². The summed E-state index contributed by atoms with van der Waals surface area (Å²) < 4.78 is 55.3. The molecule has 0 unspecified atom stereocenters. The first-order valence-corrected chi connectivity index (χ1v) is 8.43. The molecule has 0 heterocycles. The molecule has 5 nitrogen and oxygen atoms in total. The smallest absolute Gasteiger partial charge is 0.387 e. The van der Waals surface area contributed by atoms with Gasteiger partial charge in [-0.2, -0.15) is 8.78 Å². The quantitative estimate of drug-likeness (QED) is 0.776. The number of anilines is 1. The van der Waals surface area contributed by atoms with Crippen molar-refractivity contribution in [3.63, 3.8) is 0 Å². The number of sulfonamides is 1. The van der Waals surface area contributed by atoms with E-state index in [1.165, 1.54) is 37.3 Å². The molecule has 2 rings (SSSR count). The normalized spacial score (nSPS) is 11.4. The van der Waals surface area contributed by atoms with Crippen LogP contribution in [0.1, 0.15) is 17.3 Å². The van der Waals surface area contributed by atoms with Crippen molar-refractivity contribution < 1.29 is 26.7 Å². The number of benzene rings is 2. The van der Waals surface area contributed by atoms with E-state index in [9.17, 15) is 22.0 Å². The average Bonchev–Trinajstić information content (AvgIpc) is 2.49. The Bertz CT molecular complexity index is 854. The minimum atomic E-state index is -3.92. The van der Waals surface area contributed by atoms with Gasteiger partial charge in [0.05, 0.1) is 15.6 Å². The number of ether oxygens (including phenoxy) is 1. The van der Waals surface area contributed by atoms with Crippen LogP contribution in [0.2, 0.25) is 5.02 Å². The molecule has 1 N–H and O–H groups in total. The molecular weight excluding hydrogens is 364 g/mol. The van der Waals surface area contributed by atoms with Crippen LogP contribution in [0.3, 0.4) is 0 Å². The fourth-order valence-corrected chi connectivity index (χ4v) is 3.11. The van der Waals surface area contributed by atoms with Crippen LogP contribution < -0.4 is 9.46 Å². The van der Waals surface area contributed by atoms with E-state index in [0.717, 1.165) is 12.1 Å². The number of hydrogen-bond donors (Lipinski definition) is 1. The summed E-state index contributed by atoms with van der Waals surface area (Å²) >= 11 is 5.77. The number of ketones is 1. The summed E-state index contributed by atoms with van der Waals surface area (Å²) in [5.41, 5.74) is 0.461. The van der Waals surface area contributed by atoms with Crippen LogP contribution in [0.5, 0.6) is 5.75 Å². The van der Waals surface area contributed by atoms with Crippen molar-refractivity contribution in [2.24, 2.45) is 0 Å². The molecule has 128 valence electrons. The summed E-state index contributed by atoms with van der Waals surface area (Å²) in [7, 11) is -3.92. The second-order valence-corrected chi connectivity index (χ2v) is 6.80. The van der Waals surface area contributed by atoms with Gasteiger partial charge in [0, 0.05) is 5.56 Å². The van der Waals surface area contributed by atoms with E-state index in [4.69, 9.17) is 11.6 Å². The molecule has 0 aliphatic rings. The Labute approximate surface area is 142 Å². The van der Waals surface area contributed by atoms with Crippen LogP contribution in [0, 0.1) is 0 Å². The summed E-state index contributed by atoms with van der Waals surface area (Å²) in [5, 5.41) is -0.164. The lowest BCUT2D eigenvalue weighted by molar-refractivity contribution is -0.0497. The fourth-order valence-electron chi connectivity index (χ4n) is 1.84. The molecular formula is C15H12ClF2NO4S. The number of carbonyl (C=O) groups excluding carboxylic acids is 1. The Hall–Kier alpha value is -2.19. The fraction of sp³-hybridized carbons (Fsp3) is 0.133. The molecule has 24 heavy (non-hydrogen) atoms. The second kappa shape index (κ2) is 7.14. The molecule has 0 fully saturated rings. The molecule has 2 aromatic carbocycles. The van der Waals surface area contributed by atoms with E-state index in [1.807, 2.05) is 0 Å². The maximum atomic E-state index is 12.3. The number of alkyl halides is 2. The monoisotopic (exact) mass is 375 g/mol. The number of nitrogens with one attached hydrogen (secondary N) is 1. The van der Waals surface area contributed by atoms with Gasteiger partial charge in [-0.05, 0) is 37.3 Å². The zero-order chi connectivity index (χ0) is 17.9. The number of carbonyl (C=O) groups is 1. The zero-order valence-corrected chi connectivity index (χ0v) is 13.9. The topological polar surface area (TPSA) is 72.5 Å². The third kappa shape index (κ3) is 4.42. The van der Waals surface area contributed by atoms with E-state index < -0.39 is 16.6 Å². The van der Waals surface area contributed by atoms with Crippen LogP contribution in [0.15, 0.2) is 47.4 Å². The van der Waals surface area contributed by atoms with E-state index in [0.29, 0.717) is 5.56 Å². The average molecular weight is 376 g/mol. The Morgan fingerprint density at radius 2 is 1.79 bits per heavy atom. The predicted octanol–water partition coefficient (Wildman–Crippen LogP) is 3.94. The van der Waals surface area contributed by atoms with Crippen molar-refractivity contribution in [2.75, 3.05) is 4.72 Å². The van der Waals surface area contributed by atoms with Gasteiger partial charge < -0.3 is 4.74 Å². The van der Waals surface area contributed by atoms with Gasteiger partial charge >= 0.3 is 6.61 Å². The first-order chi connectivity index (χ1) is 11.2. The highest BCUT2D eigenvalue weighted by Crippen LogP contribution is 2.30. The van der Waals surface area contributed by atoms with Gasteiger partial charge in [0.15, 0.2) is 5.78 Å². The van der Waals surface area contributed by atoms with E-state index >= 15 is 0 Å². The Balaban J connectivity index is 2.22. The molecule has 0 atom stereocenters. The highest BCUT2D eigenvalue weighted by atomic mass is 35.5. The number of Topliss-reactive ketones (excluding diaryl/α,β-unsaturated/α-hetero) is 1. The highest BCUT2D eigenvalue weighted by Gasteiger charge is 2.16. The summed E-state index contributed by atoms with van der Waals surface area (Å²) in [6, 6.07) is 8.88. The second-order valence-electron chi connectivity index (χ2n) is 4.71. The van der Waals surface area contributed by atoms with Crippen LogP contribution in [-0.4, -0.2) is 20.8 Å². The van der Waals surface area contributed by atoms with Crippen LogP contribution in [-0.2, 0) is 10.0 Å². The Morgan fingerprint density at radius 3 is 2.29 bits per heavy atom. The molecule has 0 saturated heterocycles. The van der Waals surface area contributed by atoms with E-state index in [1.54, 1.807) is 0 Å². The molecule has 0 saturated carbocycles. The molecule has 0 bridgehead atoms. The van der Waals surface area contributed by atoms with Gasteiger partial charge in [0.1, 0.15) is 5.75 Å². The summed E-state index contributed by atoms with van der Waals surface area (Å²) in [5.74, 6) is -0.450. The Kier molecular flexibility index (Phi) is 5.40. The molecule has 0 aliphatic heterocycles. The van der Waals surface area contributed by atoms with Crippen molar-refractivity contribution in [1.29, 1.82) is 0 Å². The lowest BCUT2D eigenvalue weighted by Crippen LogP contribution is -2.13. The molecule has 0 aliphatic carbocycles. The van der Waals surface area contributed by atoms with E-state index in [-0.39, 0.29) is 27.1 Å². The SMILES string of the molecule is CC(=O)c1ccc(S(=O)(=O)Nc2ccc(OC(F)F)c(Cl)c2)cc1. The minimum Gasteiger partial charge on any atom is -0.433 e. The maximum absolute atomic E-state index is 12.3. The lowest BCUT2D eigenvalue weighted by atomic mass is 10.2. The van der Waals surface area contributed by atoms with Crippen LogP contribution in [0.25, 0.3) is 0 Å². The number of hydrogen-bond acceptors (Lipinski definition) is 4. The molecule has 0 amide bonds. The standard InChI is InChI=1S/C15H12ClF2NO4S/c1-9(20)10-2-5-12(6-3-10)24(21,22)19-11-4-7-14(13(16)8-11)23-15(17)18/h2-8,15,19H,1H3. The Morgan fingerprint density at radius 1 is 1.17 bits per heavy atom. The van der Waals surface area contributed by atoms with Gasteiger partial charge in [-0.1, -0.05) is 23.7 Å². The molecule has 2 aromatic rings. The third-order valence-corrected chi connectivity index (χ3v) is 4.66. The van der Waals surface area contributed by atoms with Crippen molar-refractivity contribution in [1.82, 2.24) is 0 Å². The summed E-state index contributed by atoms with van der Waals surface area (Å²) in [4.78, 5) is 11.1. The maximum Gasteiger partial charge on any atom is 0.387 e. The first-order valence-electron chi connectivity index (χ1n) is 6.57. The van der Waals surface area contributed by atoms with Crippen molar-refractivity contribution >= 4 is 33.1 Å². The summed E-state index contributed by atoms with van der Waals surface area (Å²) in [6.45, 7) is -1.67. The van der Waals surface area contributed by atoms with Crippen molar-refractivity contribution in [2.45, 2.75) is 18.4 Å². The minimum absolute atomic E-state index is 0.0588. The number of halogens is 3. The van der Waals surface area contributed by atoms with Gasteiger partial charge in [-0.15, -0.1) is 0 Å². The molecule has 9 heteroatoms. The largest absolute Gasteiger partial charge is 0.433 e. The first kappa shape index (κ1) is 18.2. The van der Waals surface area contributed by atoms with Crippen LogP contribution >= 0.6 is 11.6 Å². The van der Waals surface area contributed by atoms with Crippen molar-refractivity contribution in [3.05, 3.63) is 53.1 Å².